The molecule has 21 heavy (non-hydrogen) atoms. The summed E-state index contributed by atoms with van der Waals surface area (Å²) in [6.45, 7) is 7.87. The summed E-state index contributed by atoms with van der Waals surface area (Å²) in [6, 6.07) is 6.61. The van der Waals surface area contributed by atoms with Crippen molar-refractivity contribution >= 4 is 17.0 Å². The van der Waals surface area contributed by atoms with Crippen LogP contribution in [-0.2, 0) is 13.1 Å². The number of anilines is 1. The SMILES string of the molecule is CN(Cc1csc(CNC(C)(C)C)n1)c1cccc(F)c1. The molecule has 1 heterocycles. The van der Waals surface area contributed by atoms with E-state index in [0.717, 1.165) is 22.9 Å². The summed E-state index contributed by atoms with van der Waals surface area (Å²) in [5.74, 6) is -0.215. The van der Waals surface area contributed by atoms with Crippen LogP contribution >= 0.6 is 11.3 Å². The molecule has 0 aliphatic heterocycles. The van der Waals surface area contributed by atoms with Gasteiger partial charge in [-0.15, -0.1) is 11.3 Å². The molecule has 0 amide bonds. The second-order valence-corrected chi connectivity index (χ2v) is 7.11. The Morgan fingerprint density at radius 3 is 2.76 bits per heavy atom. The average Bonchev–Trinajstić information content (AvgIpc) is 2.83. The lowest BCUT2D eigenvalue weighted by atomic mass is 10.1. The Hall–Kier alpha value is -1.46. The Morgan fingerprint density at radius 2 is 2.10 bits per heavy atom. The number of benzene rings is 1. The van der Waals surface area contributed by atoms with Crippen LogP contribution in [0.3, 0.4) is 0 Å². The molecule has 114 valence electrons. The highest BCUT2D eigenvalue weighted by Crippen LogP contribution is 2.18. The van der Waals surface area contributed by atoms with Crippen LogP contribution in [0.5, 0.6) is 0 Å². The van der Waals surface area contributed by atoms with Gasteiger partial charge in [0.15, 0.2) is 0 Å². The predicted octanol–water partition coefficient (Wildman–Crippen LogP) is 3.81. The Balaban J connectivity index is 1.96. The van der Waals surface area contributed by atoms with Crippen molar-refractivity contribution in [2.45, 2.75) is 39.4 Å². The zero-order chi connectivity index (χ0) is 15.5. The van der Waals surface area contributed by atoms with Crippen LogP contribution in [0.4, 0.5) is 10.1 Å². The van der Waals surface area contributed by atoms with Gasteiger partial charge in [0.2, 0.25) is 0 Å². The summed E-state index contributed by atoms with van der Waals surface area (Å²) in [5.41, 5.74) is 1.96. The maximum Gasteiger partial charge on any atom is 0.125 e. The van der Waals surface area contributed by atoms with Gasteiger partial charge in [-0.2, -0.15) is 0 Å². The number of hydrogen-bond donors (Lipinski definition) is 1. The summed E-state index contributed by atoms with van der Waals surface area (Å²) in [4.78, 5) is 6.62. The van der Waals surface area contributed by atoms with Crippen molar-refractivity contribution in [2.75, 3.05) is 11.9 Å². The molecule has 0 aliphatic carbocycles. The number of rotatable bonds is 5. The first-order valence-electron chi connectivity index (χ1n) is 6.98. The molecule has 0 fully saturated rings. The molecule has 0 saturated carbocycles. The third-order valence-electron chi connectivity index (χ3n) is 3.02. The first-order chi connectivity index (χ1) is 9.83. The third-order valence-corrected chi connectivity index (χ3v) is 3.92. The summed E-state index contributed by atoms with van der Waals surface area (Å²) < 4.78 is 13.2. The topological polar surface area (TPSA) is 28.2 Å². The van der Waals surface area contributed by atoms with E-state index in [2.05, 4.69) is 36.5 Å². The molecular weight excluding hydrogens is 285 g/mol. The minimum atomic E-state index is -0.215. The maximum absolute atomic E-state index is 13.2. The second kappa shape index (κ2) is 6.54. The van der Waals surface area contributed by atoms with Gasteiger partial charge < -0.3 is 10.2 Å². The fourth-order valence-corrected chi connectivity index (χ4v) is 2.62. The molecule has 0 saturated heterocycles. The number of halogens is 1. The highest BCUT2D eigenvalue weighted by molar-refractivity contribution is 7.09. The van der Waals surface area contributed by atoms with Gasteiger partial charge in [-0.1, -0.05) is 6.07 Å². The zero-order valence-corrected chi connectivity index (χ0v) is 13.8. The van der Waals surface area contributed by atoms with Crippen LogP contribution in [0, 0.1) is 5.82 Å². The van der Waals surface area contributed by atoms with Crippen molar-refractivity contribution < 1.29 is 4.39 Å². The van der Waals surface area contributed by atoms with Crippen LogP contribution < -0.4 is 10.2 Å². The first-order valence-corrected chi connectivity index (χ1v) is 7.86. The lowest BCUT2D eigenvalue weighted by Gasteiger charge is -2.19. The molecule has 0 spiro atoms. The van der Waals surface area contributed by atoms with E-state index >= 15 is 0 Å². The largest absolute Gasteiger partial charge is 0.369 e. The molecule has 3 nitrogen and oxygen atoms in total. The fraction of sp³-hybridized carbons (Fsp3) is 0.438. The molecule has 0 aliphatic rings. The quantitative estimate of drug-likeness (QED) is 0.910. The average molecular weight is 307 g/mol. The molecule has 5 heteroatoms. The van der Waals surface area contributed by atoms with Crippen molar-refractivity contribution in [3.05, 3.63) is 46.2 Å². The number of thiazole rings is 1. The molecule has 0 atom stereocenters. The van der Waals surface area contributed by atoms with Crippen molar-refractivity contribution in [2.24, 2.45) is 0 Å². The van der Waals surface area contributed by atoms with Crippen LogP contribution in [0.2, 0.25) is 0 Å². The third kappa shape index (κ3) is 5.10. The summed E-state index contributed by atoms with van der Waals surface area (Å²) in [6.07, 6.45) is 0. The molecule has 2 aromatic rings. The van der Waals surface area contributed by atoms with Crippen molar-refractivity contribution in [1.29, 1.82) is 0 Å². The summed E-state index contributed by atoms with van der Waals surface area (Å²) in [7, 11) is 1.95. The normalized spacial score (nSPS) is 11.7. The standard InChI is InChI=1S/C16H22FN3S/c1-16(2,3)18-9-15-19-13(11-21-15)10-20(4)14-7-5-6-12(17)8-14/h5-8,11,18H,9-10H2,1-4H3. The highest BCUT2D eigenvalue weighted by Gasteiger charge is 2.11. The zero-order valence-electron chi connectivity index (χ0n) is 13.0. The molecule has 0 unspecified atom stereocenters. The maximum atomic E-state index is 13.2. The molecule has 0 radical (unpaired) electrons. The Bertz CT molecular complexity index is 589. The Morgan fingerprint density at radius 1 is 1.33 bits per heavy atom. The smallest absolute Gasteiger partial charge is 0.125 e. The van der Waals surface area contributed by atoms with Crippen LogP contribution in [-0.4, -0.2) is 17.6 Å². The molecular formula is C16H22FN3S. The molecule has 0 bridgehead atoms. The molecule has 1 N–H and O–H groups in total. The second-order valence-electron chi connectivity index (χ2n) is 6.17. The van der Waals surface area contributed by atoms with Crippen LogP contribution in [0.25, 0.3) is 0 Å². The van der Waals surface area contributed by atoms with E-state index in [0.29, 0.717) is 6.54 Å². The fourth-order valence-electron chi connectivity index (χ4n) is 1.89. The minimum Gasteiger partial charge on any atom is -0.369 e. The first kappa shape index (κ1) is 15.9. The number of nitrogens with one attached hydrogen (secondary N) is 1. The number of hydrogen-bond acceptors (Lipinski definition) is 4. The van der Waals surface area contributed by atoms with E-state index in [4.69, 9.17) is 0 Å². The summed E-state index contributed by atoms with van der Waals surface area (Å²) >= 11 is 1.66. The van der Waals surface area contributed by atoms with E-state index in [1.54, 1.807) is 17.4 Å². The van der Waals surface area contributed by atoms with Gasteiger partial charge in [0.1, 0.15) is 10.8 Å². The molecule has 1 aromatic carbocycles. The van der Waals surface area contributed by atoms with Gasteiger partial charge in [0.25, 0.3) is 0 Å². The minimum absolute atomic E-state index is 0.0875. The van der Waals surface area contributed by atoms with E-state index in [-0.39, 0.29) is 11.4 Å². The van der Waals surface area contributed by atoms with Gasteiger partial charge in [-0.25, -0.2) is 9.37 Å². The van der Waals surface area contributed by atoms with E-state index in [1.807, 2.05) is 18.0 Å². The lowest BCUT2D eigenvalue weighted by Crippen LogP contribution is -2.35. The summed E-state index contributed by atoms with van der Waals surface area (Å²) in [5, 5.41) is 6.57. The Labute approximate surface area is 129 Å². The Kier molecular flexibility index (Phi) is 4.96. The van der Waals surface area contributed by atoms with Crippen molar-refractivity contribution in [1.82, 2.24) is 10.3 Å². The van der Waals surface area contributed by atoms with Gasteiger partial charge in [0, 0.05) is 30.2 Å². The van der Waals surface area contributed by atoms with Crippen molar-refractivity contribution in [3.63, 3.8) is 0 Å². The van der Waals surface area contributed by atoms with Crippen LogP contribution in [0.15, 0.2) is 29.6 Å². The van der Waals surface area contributed by atoms with Gasteiger partial charge >= 0.3 is 0 Å². The molecule has 1 aromatic heterocycles. The van der Waals surface area contributed by atoms with Crippen LogP contribution in [0.1, 0.15) is 31.5 Å². The van der Waals surface area contributed by atoms with E-state index in [1.165, 1.54) is 12.1 Å². The van der Waals surface area contributed by atoms with E-state index < -0.39 is 0 Å². The van der Waals surface area contributed by atoms with E-state index in [9.17, 15) is 4.39 Å². The van der Waals surface area contributed by atoms with Crippen molar-refractivity contribution in [3.8, 4) is 0 Å². The predicted molar refractivity (Wildman–Crippen MR) is 87.2 cm³/mol. The molecule has 2 rings (SSSR count). The number of aromatic nitrogens is 1. The number of nitrogens with zero attached hydrogens (tertiary/aromatic N) is 2. The highest BCUT2D eigenvalue weighted by atomic mass is 32.1. The van der Waals surface area contributed by atoms with Gasteiger partial charge in [0.05, 0.1) is 12.2 Å². The van der Waals surface area contributed by atoms with Gasteiger partial charge in [-0.05, 0) is 39.0 Å². The van der Waals surface area contributed by atoms with Gasteiger partial charge in [-0.3, -0.25) is 0 Å². The monoisotopic (exact) mass is 307 g/mol. The lowest BCUT2D eigenvalue weighted by molar-refractivity contribution is 0.423.